The van der Waals surface area contributed by atoms with Gasteiger partial charge in [0.15, 0.2) is 0 Å². The molecule has 18 heavy (non-hydrogen) atoms. The number of benzene rings is 1. The van der Waals surface area contributed by atoms with Crippen LogP contribution in [-0.4, -0.2) is 31.1 Å². The summed E-state index contributed by atoms with van der Waals surface area (Å²) in [5, 5.41) is 0. The molecule has 0 radical (unpaired) electrons. The van der Waals surface area contributed by atoms with E-state index in [-0.39, 0.29) is 0 Å². The molecule has 0 bridgehead atoms. The van der Waals surface area contributed by atoms with E-state index in [2.05, 4.69) is 47.4 Å². The number of hydrogen-bond donors (Lipinski definition) is 1. The first-order chi connectivity index (χ1) is 8.88. The van der Waals surface area contributed by atoms with Crippen LogP contribution in [0.4, 0.5) is 0 Å². The van der Waals surface area contributed by atoms with E-state index in [4.69, 9.17) is 5.73 Å². The summed E-state index contributed by atoms with van der Waals surface area (Å²) in [6, 6.07) is 10.5. The lowest BCUT2D eigenvalue weighted by Gasteiger charge is -2.31. The lowest BCUT2D eigenvalue weighted by atomic mass is 9.95. The van der Waals surface area contributed by atoms with Gasteiger partial charge in [-0.15, -0.1) is 0 Å². The van der Waals surface area contributed by atoms with Crippen molar-refractivity contribution in [3.8, 4) is 0 Å². The van der Waals surface area contributed by atoms with Crippen molar-refractivity contribution >= 4 is 6.08 Å². The minimum atomic E-state index is 0.814. The zero-order valence-corrected chi connectivity index (χ0v) is 11.1. The summed E-state index contributed by atoms with van der Waals surface area (Å²) < 4.78 is 0. The number of nitrogens with two attached hydrogens (primary N) is 1. The fourth-order valence-electron chi connectivity index (χ4n) is 2.69. The Morgan fingerprint density at radius 1 is 1.28 bits per heavy atom. The van der Waals surface area contributed by atoms with Gasteiger partial charge in [0, 0.05) is 13.1 Å². The lowest BCUT2D eigenvalue weighted by Crippen LogP contribution is -2.36. The molecule has 2 rings (SSSR count). The minimum absolute atomic E-state index is 0.814. The van der Waals surface area contributed by atoms with Crippen molar-refractivity contribution in [3.63, 3.8) is 0 Å². The second kappa shape index (κ2) is 7.34. The van der Waals surface area contributed by atoms with Crippen molar-refractivity contribution in [1.82, 2.24) is 4.90 Å². The van der Waals surface area contributed by atoms with Gasteiger partial charge in [-0.1, -0.05) is 42.5 Å². The summed E-state index contributed by atoms with van der Waals surface area (Å²) in [5.41, 5.74) is 6.93. The Morgan fingerprint density at radius 2 is 2.11 bits per heavy atom. The Kier molecular flexibility index (Phi) is 5.43. The Balaban J connectivity index is 1.77. The van der Waals surface area contributed by atoms with E-state index >= 15 is 0 Å². The fourth-order valence-corrected chi connectivity index (χ4v) is 2.69. The molecule has 1 atom stereocenters. The maximum Gasteiger partial charge on any atom is 0.0166 e. The minimum Gasteiger partial charge on any atom is -0.330 e. The highest BCUT2D eigenvalue weighted by Gasteiger charge is 2.17. The second-order valence-corrected chi connectivity index (χ2v) is 5.16. The van der Waals surface area contributed by atoms with E-state index < -0.39 is 0 Å². The molecule has 0 aliphatic carbocycles. The van der Waals surface area contributed by atoms with E-state index in [0.29, 0.717) is 0 Å². The predicted molar refractivity (Wildman–Crippen MR) is 78.3 cm³/mol. The summed E-state index contributed by atoms with van der Waals surface area (Å²) in [7, 11) is 0. The molecule has 1 aliphatic rings. The molecule has 0 amide bonds. The summed E-state index contributed by atoms with van der Waals surface area (Å²) in [4.78, 5) is 2.54. The van der Waals surface area contributed by atoms with E-state index in [1.54, 1.807) is 0 Å². The summed E-state index contributed by atoms with van der Waals surface area (Å²) in [6.07, 6.45) is 8.35. The highest BCUT2D eigenvalue weighted by molar-refractivity contribution is 5.48. The smallest absolute Gasteiger partial charge is 0.0166 e. The van der Waals surface area contributed by atoms with Crippen LogP contribution in [0, 0.1) is 5.92 Å². The Bertz CT molecular complexity index is 357. The maximum absolute atomic E-state index is 5.65. The first-order valence-electron chi connectivity index (χ1n) is 7.02. The molecule has 1 aromatic carbocycles. The molecule has 0 aromatic heterocycles. The molecule has 0 saturated carbocycles. The lowest BCUT2D eigenvalue weighted by molar-refractivity contribution is 0.186. The molecule has 1 heterocycles. The van der Waals surface area contributed by atoms with E-state index in [9.17, 15) is 0 Å². The molecule has 1 unspecified atom stereocenters. The number of nitrogens with zero attached hydrogens (tertiary/aromatic N) is 1. The largest absolute Gasteiger partial charge is 0.330 e. The van der Waals surface area contributed by atoms with Gasteiger partial charge in [0.2, 0.25) is 0 Å². The van der Waals surface area contributed by atoms with Crippen molar-refractivity contribution in [2.24, 2.45) is 11.7 Å². The second-order valence-electron chi connectivity index (χ2n) is 5.16. The van der Waals surface area contributed by atoms with Gasteiger partial charge in [-0.25, -0.2) is 0 Å². The standard InChI is InChI=1S/C16H24N2/c17-11-10-16-9-5-13-18(14-16)12-4-8-15-6-2-1-3-7-15/h1-4,6-8,16H,5,9-14,17H2. The number of piperidine rings is 1. The molecule has 1 aromatic rings. The Labute approximate surface area is 110 Å². The summed E-state index contributed by atoms with van der Waals surface area (Å²) in [6.45, 7) is 4.35. The van der Waals surface area contributed by atoms with Crippen molar-refractivity contribution < 1.29 is 0 Å². The third-order valence-corrected chi connectivity index (χ3v) is 3.65. The maximum atomic E-state index is 5.65. The molecular formula is C16H24N2. The van der Waals surface area contributed by atoms with Crippen molar-refractivity contribution in [3.05, 3.63) is 42.0 Å². The SMILES string of the molecule is NCCC1CCCN(CC=Cc2ccccc2)C1. The van der Waals surface area contributed by atoms with Crippen LogP contribution in [0.2, 0.25) is 0 Å². The molecule has 2 N–H and O–H groups in total. The Morgan fingerprint density at radius 3 is 2.89 bits per heavy atom. The van der Waals surface area contributed by atoms with Gasteiger partial charge in [-0.2, -0.15) is 0 Å². The molecule has 2 nitrogen and oxygen atoms in total. The van der Waals surface area contributed by atoms with Gasteiger partial charge < -0.3 is 5.73 Å². The molecule has 1 saturated heterocycles. The highest BCUT2D eigenvalue weighted by Crippen LogP contribution is 2.18. The molecule has 1 aliphatic heterocycles. The zero-order chi connectivity index (χ0) is 12.6. The van der Waals surface area contributed by atoms with Crippen LogP contribution in [-0.2, 0) is 0 Å². The third-order valence-electron chi connectivity index (χ3n) is 3.65. The van der Waals surface area contributed by atoms with Gasteiger partial charge in [-0.3, -0.25) is 4.90 Å². The van der Waals surface area contributed by atoms with Crippen molar-refractivity contribution in [1.29, 1.82) is 0 Å². The average molecular weight is 244 g/mol. The van der Waals surface area contributed by atoms with Crippen molar-refractivity contribution in [2.45, 2.75) is 19.3 Å². The monoisotopic (exact) mass is 244 g/mol. The summed E-state index contributed by atoms with van der Waals surface area (Å²) in [5.74, 6) is 0.814. The van der Waals surface area contributed by atoms with Crippen LogP contribution in [0.1, 0.15) is 24.8 Å². The zero-order valence-electron chi connectivity index (χ0n) is 11.1. The third kappa shape index (κ3) is 4.28. The number of rotatable bonds is 5. The van der Waals surface area contributed by atoms with Crippen molar-refractivity contribution in [2.75, 3.05) is 26.2 Å². The van der Waals surface area contributed by atoms with E-state index in [1.807, 2.05) is 0 Å². The number of likely N-dealkylation sites (tertiary alicyclic amines) is 1. The summed E-state index contributed by atoms with van der Waals surface area (Å²) >= 11 is 0. The molecule has 98 valence electrons. The van der Waals surface area contributed by atoms with Gasteiger partial charge in [0.05, 0.1) is 0 Å². The van der Waals surface area contributed by atoms with Crippen LogP contribution in [0.3, 0.4) is 0 Å². The molecular weight excluding hydrogens is 220 g/mol. The van der Waals surface area contributed by atoms with E-state index in [1.165, 1.54) is 37.9 Å². The Hall–Kier alpha value is -1.12. The molecule has 1 fully saturated rings. The van der Waals surface area contributed by atoms with Gasteiger partial charge in [0.1, 0.15) is 0 Å². The molecule has 2 heteroatoms. The average Bonchev–Trinajstić information content (AvgIpc) is 2.41. The highest BCUT2D eigenvalue weighted by atomic mass is 15.1. The first kappa shape index (κ1) is 13.3. The van der Waals surface area contributed by atoms with Crippen LogP contribution in [0.15, 0.2) is 36.4 Å². The van der Waals surface area contributed by atoms with Gasteiger partial charge in [-0.05, 0) is 43.8 Å². The van der Waals surface area contributed by atoms with Crippen LogP contribution >= 0.6 is 0 Å². The predicted octanol–water partition coefficient (Wildman–Crippen LogP) is 2.76. The molecule has 0 spiro atoms. The quantitative estimate of drug-likeness (QED) is 0.863. The van der Waals surface area contributed by atoms with Gasteiger partial charge >= 0.3 is 0 Å². The number of hydrogen-bond acceptors (Lipinski definition) is 2. The topological polar surface area (TPSA) is 29.3 Å². The normalized spacial score (nSPS) is 21.5. The van der Waals surface area contributed by atoms with Gasteiger partial charge in [0.25, 0.3) is 0 Å². The van der Waals surface area contributed by atoms with Crippen LogP contribution in [0.5, 0.6) is 0 Å². The first-order valence-corrected chi connectivity index (χ1v) is 7.02. The fraction of sp³-hybridized carbons (Fsp3) is 0.500. The van der Waals surface area contributed by atoms with Crippen LogP contribution < -0.4 is 5.73 Å². The van der Waals surface area contributed by atoms with E-state index in [0.717, 1.165) is 19.0 Å². The van der Waals surface area contributed by atoms with Crippen LogP contribution in [0.25, 0.3) is 6.08 Å².